The first-order valence-corrected chi connectivity index (χ1v) is 12.1. The zero-order valence-electron chi connectivity index (χ0n) is 21.8. The number of esters is 2. The van der Waals surface area contributed by atoms with Crippen LogP contribution < -0.4 is 5.32 Å². The molecule has 10 nitrogen and oxygen atoms in total. The zero-order chi connectivity index (χ0) is 27.2. The Kier molecular flexibility index (Phi) is 8.75. The number of alkyl carbamates (subject to hydrolysis) is 1. The maximum atomic E-state index is 13.7. The monoisotopic (exact) mass is 511 g/mol. The molecule has 1 N–H and O–H groups in total. The fraction of sp³-hybridized carbons (Fsp3) is 0.407. The number of carbonyl (C=O) groups excluding carboxylic acids is 4. The highest BCUT2D eigenvalue weighted by Crippen LogP contribution is 2.33. The number of rotatable bonds is 9. The highest BCUT2D eigenvalue weighted by atomic mass is 16.6. The molecule has 0 radical (unpaired) electrons. The molecule has 0 spiro atoms. The normalized spacial score (nSPS) is 15.5. The third-order valence-electron chi connectivity index (χ3n) is 5.35. The van der Waals surface area contributed by atoms with E-state index in [-0.39, 0.29) is 37.6 Å². The first kappa shape index (κ1) is 27.5. The highest BCUT2D eigenvalue weighted by molar-refractivity contribution is 6.26. The van der Waals surface area contributed by atoms with E-state index in [1.807, 2.05) is 30.3 Å². The van der Waals surface area contributed by atoms with Gasteiger partial charge >= 0.3 is 18.0 Å². The van der Waals surface area contributed by atoms with Crippen LogP contribution in [-0.4, -0.2) is 58.3 Å². The van der Waals surface area contributed by atoms with E-state index in [4.69, 9.17) is 14.2 Å². The second-order valence-corrected chi connectivity index (χ2v) is 9.34. The van der Waals surface area contributed by atoms with Crippen molar-refractivity contribution in [2.24, 2.45) is 0 Å². The summed E-state index contributed by atoms with van der Waals surface area (Å²) in [5.41, 5.74) is 0.697. The van der Waals surface area contributed by atoms with E-state index in [1.165, 1.54) is 9.47 Å². The Balaban J connectivity index is 1.98. The Bertz CT molecular complexity index is 1180. The van der Waals surface area contributed by atoms with Crippen molar-refractivity contribution in [2.45, 2.75) is 59.4 Å². The summed E-state index contributed by atoms with van der Waals surface area (Å²) in [6.07, 6.45) is 2.62. The highest BCUT2D eigenvalue weighted by Gasteiger charge is 2.48. The lowest BCUT2D eigenvalue weighted by Crippen LogP contribution is -2.43. The topological polar surface area (TPSA) is 116 Å². The molecule has 1 unspecified atom stereocenters. The Morgan fingerprint density at radius 1 is 0.973 bits per heavy atom. The number of aromatic nitrogens is 1. The molecule has 1 atom stereocenters. The van der Waals surface area contributed by atoms with Crippen molar-refractivity contribution >= 4 is 29.6 Å². The first-order chi connectivity index (χ1) is 17.6. The van der Waals surface area contributed by atoms with E-state index < -0.39 is 35.6 Å². The van der Waals surface area contributed by atoms with Gasteiger partial charge < -0.3 is 29.0 Å². The van der Waals surface area contributed by atoms with Gasteiger partial charge in [-0.3, -0.25) is 4.79 Å². The summed E-state index contributed by atoms with van der Waals surface area (Å²) in [5, 5.41) is 2.66. The smallest absolute Gasteiger partial charge is 0.407 e. The van der Waals surface area contributed by atoms with Gasteiger partial charge in [0.05, 0.1) is 13.2 Å². The van der Waals surface area contributed by atoms with Crippen molar-refractivity contribution in [2.75, 3.05) is 13.2 Å². The fourth-order valence-corrected chi connectivity index (χ4v) is 3.90. The summed E-state index contributed by atoms with van der Waals surface area (Å²) in [5.74, 6) is -2.02. The lowest BCUT2D eigenvalue weighted by atomic mass is 10.1. The molecule has 0 fully saturated rings. The first-order valence-electron chi connectivity index (χ1n) is 12.1. The summed E-state index contributed by atoms with van der Waals surface area (Å²) in [6, 6.07) is 9.57. The summed E-state index contributed by atoms with van der Waals surface area (Å²) in [4.78, 5) is 53.2. The number of hydrogen-bond acceptors (Lipinski definition) is 7. The van der Waals surface area contributed by atoms with E-state index in [0.29, 0.717) is 5.56 Å². The van der Waals surface area contributed by atoms with Gasteiger partial charge in [0.2, 0.25) is 0 Å². The molecule has 2 aromatic rings. The van der Waals surface area contributed by atoms with E-state index in [1.54, 1.807) is 53.1 Å². The number of carbonyl (C=O) groups is 4. The van der Waals surface area contributed by atoms with Crippen LogP contribution in [0.5, 0.6) is 0 Å². The van der Waals surface area contributed by atoms with Crippen LogP contribution in [0.15, 0.2) is 54.4 Å². The number of benzene rings is 1. The van der Waals surface area contributed by atoms with Crippen LogP contribution in [0.25, 0.3) is 5.70 Å². The van der Waals surface area contributed by atoms with Gasteiger partial charge in [0, 0.05) is 25.5 Å². The molecular weight excluding hydrogens is 478 g/mol. The Morgan fingerprint density at radius 3 is 2.27 bits per heavy atom. The summed E-state index contributed by atoms with van der Waals surface area (Å²) < 4.78 is 17.2. The van der Waals surface area contributed by atoms with Crippen LogP contribution in [-0.2, 0) is 41.7 Å². The van der Waals surface area contributed by atoms with Crippen LogP contribution in [0.1, 0.15) is 45.7 Å². The SMILES string of the molecule is CCOC(=O)C1=C(n2ccc(CNC(=O)OC(C)(C)C)c2)C(=O)N(Cc2ccccc2)C1C(=O)OCC. The fourth-order valence-electron chi connectivity index (χ4n) is 3.90. The van der Waals surface area contributed by atoms with Gasteiger partial charge in [0.1, 0.15) is 16.9 Å². The Labute approximate surface area is 216 Å². The van der Waals surface area contributed by atoms with Crippen LogP contribution in [0.2, 0.25) is 0 Å². The molecule has 3 rings (SSSR count). The third kappa shape index (κ3) is 6.78. The van der Waals surface area contributed by atoms with Crippen molar-refractivity contribution < 1.29 is 33.4 Å². The second kappa shape index (κ2) is 11.8. The molecule has 2 amide bonds. The quantitative estimate of drug-likeness (QED) is 0.406. The molecule has 10 heteroatoms. The van der Waals surface area contributed by atoms with Gasteiger partial charge in [-0.25, -0.2) is 14.4 Å². The average Bonchev–Trinajstić information content (AvgIpc) is 3.40. The summed E-state index contributed by atoms with van der Waals surface area (Å²) in [6.45, 7) is 8.95. The van der Waals surface area contributed by atoms with Gasteiger partial charge in [-0.15, -0.1) is 0 Å². The van der Waals surface area contributed by atoms with Crippen molar-refractivity contribution in [1.29, 1.82) is 0 Å². The Hall–Kier alpha value is -4.08. The molecule has 1 aliphatic heterocycles. The molecule has 0 aliphatic carbocycles. The third-order valence-corrected chi connectivity index (χ3v) is 5.35. The maximum Gasteiger partial charge on any atom is 0.407 e. The predicted molar refractivity (Wildman–Crippen MR) is 135 cm³/mol. The largest absolute Gasteiger partial charge is 0.464 e. The number of ether oxygens (including phenoxy) is 3. The Morgan fingerprint density at radius 2 is 1.65 bits per heavy atom. The molecule has 0 saturated heterocycles. The molecule has 1 aliphatic rings. The molecule has 198 valence electrons. The van der Waals surface area contributed by atoms with Gasteiger partial charge in [-0.05, 0) is 51.8 Å². The molecular formula is C27H33N3O7. The minimum Gasteiger partial charge on any atom is -0.464 e. The molecule has 37 heavy (non-hydrogen) atoms. The second-order valence-electron chi connectivity index (χ2n) is 9.34. The van der Waals surface area contributed by atoms with Crippen LogP contribution in [0.3, 0.4) is 0 Å². The van der Waals surface area contributed by atoms with Crippen molar-refractivity contribution in [3.8, 4) is 0 Å². The number of nitrogens with zero attached hydrogens (tertiary/aromatic N) is 2. The van der Waals surface area contributed by atoms with Gasteiger partial charge in [-0.2, -0.15) is 0 Å². The van der Waals surface area contributed by atoms with Crippen LogP contribution >= 0.6 is 0 Å². The lowest BCUT2D eigenvalue weighted by molar-refractivity contribution is -0.153. The van der Waals surface area contributed by atoms with Crippen LogP contribution in [0, 0.1) is 0 Å². The maximum absolute atomic E-state index is 13.7. The van der Waals surface area contributed by atoms with Crippen molar-refractivity contribution in [3.05, 3.63) is 65.5 Å². The van der Waals surface area contributed by atoms with E-state index in [0.717, 1.165) is 5.56 Å². The lowest BCUT2D eigenvalue weighted by Gasteiger charge is -2.24. The van der Waals surface area contributed by atoms with Crippen LogP contribution in [0.4, 0.5) is 4.79 Å². The standard InChI is InChI=1S/C27H33N3O7/c1-6-35-24(32)20-21(29-14-13-19(16-29)15-28-26(34)37-27(3,4)5)23(31)30(22(20)25(33)36-7-2)17-18-11-9-8-10-12-18/h8-14,16,22H,6-7,15,17H2,1-5H3,(H,28,34). The summed E-state index contributed by atoms with van der Waals surface area (Å²) >= 11 is 0. The van der Waals surface area contributed by atoms with Crippen molar-refractivity contribution in [1.82, 2.24) is 14.8 Å². The predicted octanol–water partition coefficient (Wildman–Crippen LogP) is 3.26. The van der Waals surface area contributed by atoms with E-state index in [9.17, 15) is 19.2 Å². The minimum absolute atomic E-state index is 0.00375. The van der Waals surface area contributed by atoms with E-state index >= 15 is 0 Å². The zero-order valence-corrected chi connectivity index (χ0v) is 21.8. The molecule has 0 saturated carbocycles. The molecule has 1 aromatic heterocycles. The molecule has 2 heterocycles. The van der Waals surface area contributed by atoms with Gasteiger partial charge in [0.15, 0.2) is 6.04 Å². The number of hydrogen-bond donors (Lipinski definition) is 1. The van der Waals surface area contributed by atoms with Gasteiger partial charge in [0.25, 0.3) is 5.91 Å². The average molecular weight is 512 g/mol. The molecule has 0 bridgehead atoms. The van der Waals surface area contributed by atoms with Crippen molar-refractivity contribution in [3.63, 3.8) is 0 Å². The molecule has 1 aromatic carbocycles. The number of amides is 2. The summed E-state index contributed by atoms with van der Waals surface area (Å²) in [7, 11) is 0. The van der Waals surface area contributed by atoms with E-state index in [2.05, 4.69) is 5.32 Å². The van der Waals surface area contributed by atoms with Gasteiger partial charge in [-0.1, -0.05) is 30.3 Å². The minimum atomic E-state index is -1.27. The number of nitrogens with one attached hydrogen (secondary N) is 1.